The van der Waals surface area contributed by atoms with Crippen LogP contribution in [0.5, 0.6) is 5.75 Å². The number of nitrogens with two attached hydrogens (primary N) is 1. The average molecular weight is 243 g/mol. The van der Waals surface area contributed by atoms with Gasteiger partial charge in [0.1, 0.15) is 5.75 Å². The zero-order valence-electron chi connectivity index (χ0n) is 10.7. The lowest BCUT2D eigenvalue weighted by molar-refractivity contribution is 0.416. The molecule has 1 aliphatic carbocycles. The minimum absolute atomic E-state index is 0.190. The fraction of sp³-hybridized carbons (Fsp3) is 0.357. The van der Waals surface area contributed by atoms with Crippen molar-refractivity contribution in [1.82, 2.24) is 9.78 Å². The quantitative estimate of drug-likeness (QED) is 0.897. The smallest absolute Gasteiger partial charge is 0.128 e. The summed E-state index contributed by atoms with van der Waals surface area (Å²) in [5.41, 5.74) is 9.36. The lowest BCUT2D eigenvalue weighted by Crippen LogP contribution is -2.19. The van der Waals surface area contributed by atoms with Gasteiger partial charge in [0.15, 0.2) is 0 Å². The molecule has 0 radical (unpaired) electrons. The van der Waals surface area contributed by atoms with Gasteiger partial charge in [0.05, 0.1) is 19.0 Å². The molecule has 1 heterocycles. The van der Waals surface area contributed by atoms with Crippen LogP contribution < -0.4 is 10.5 Å². The molecule has 0 bridgehead atoms. The summed E-state index contributed by atoms with van der Waals surface area (Å²) >= 11 is 0. The molecule has 0 unspecified atom stereocenters. The number of nitrogens with zero attached hydrogens (tertiary/aromatic N) is 2. The van der Waals surface area contributed by atoms with Crippen LogP contribution in [0.2, 0.25) is 0 Å². The molecule has 4 nitrogen and oxygen atoms in total. The summed E-state index contributed by atoms with van der Waals surface area (Å²) in [7, 11) is 3.63. The van der Waals surface area contributed by atoms with Crippen LogP contribution in [0.15, 0.2) is 30.5 Å². The molecule has 2 N–H and O–H groups in total. The van der Waals surface area contributed by atoms with E-state index in [9.17, 15) is 0 Å². The molecular weight excluding hydrogens is 226 g/mol. The third kappa shape index (κ3) is 1.61. The highest BCUT2D eigenvalue weighted by Crippen LogP contribution is 2.47. The number of aryl methyl sites for hydroxylation is 1. The molecule has 2 aromatic rings. The number of methoxy groups -OCH3 is 1. The molecule has 18 heavy (non-hydrogen) atoms. The summed E-state index contributed by atoms with van der Waals surface area (Å²) in [5, 5.41) is 4.36. The first-order valence-corrected chi connectivity index (χ1v) is 6.10. The molecule has 1 aliphatic rings. The molecule has 0 spiro atoms. The lowest BCUT2D eigenvalue weighted by Gasteiger charge is -2.14. The van der Waals surface area contributed by atoms with Gasteiger partial charge in [-0.05, 0) is 25.0 Å². The number of ether oxygens (including phenoxy) is 1. The van der Waals surface area contributed by atoms with Gasteiger partial charge in [0.2, 0.25) is 0 Å². The van der Waals surface area contributed by atoms with Crippen molar-refractivity contribution < 1.29 is 4.74 Å². The predicted molar refractivity (Wildman–Crippen MR) is 70.3 cm³/mol. The maximum absolute atomic E-state index is 6.32. The third-order valence-corrected chi connectivity index (χ3v) is 3.63. The minimum Gasteiger partial charge on any atom is -0.496 e. The summed E-state index contributed by atoms with van der Waals surface area (Å²) in [5.74, 6) is 0.853. The van der Waals surface area contributed by atoms with Crippen molar-refractivity contribution in [3.8, 4) is 17.0 Å². The Hall–Kier alpha value is -1.81. The molecule has 0 saturated heterocycles. The Morgan fingerprint density at radius 3 is 2.72 bits per heavy atom. The third-order valence-electron chi connectivity index (χ3n) is 3.63. The molecule has 94 valence electrons. The van der Waals surface area contributed by atoms with Gasteiger partial charge in [0, 0.05) is 23.7 Å². The van der Waals surface area contributed by atoms with Crippen molar-refractivity contribution in [3.05, 3.63) is 36.0 Å². The number of hydrogen-bond donors (Lipinski definition) is 1. The second kappa shape index (κ2) is 3.85. The zero-order chi connectivity index (χ0) is 12.8. The van der Waals surface area contributed by atoms with Gasteiger partial charge in [-0.25, -0.2) is 0 Å². The monoisotopic (exact) mass is 243 g/mol. The second-order valence-corrected chi connectivity index (χ2v) is 4.89. The molecule has 0 aliphatic heterocycles. The predicted octanol–water partition coefficient (Wildman–Crippen LogP) is 2.04. The number of benzene rings is 1. The van der Waals surface area contributed by atoms with Gasteiger partial charge < -0.3 is 10.5 Å². The van der Waals surface area contributed by atoms with E-state index >= 15 is 0 Å². The van der Waals surface area contributed by atoms with Crippen LogP contribution in [0.3, 0.4) is 0 Å². The molecular formula is C14H17N3O. The lowest BCUT2D eigenvalue weighted by atomic mass is 10.0. The van der Waals surface area contributed by atoms with Gasteiger partial charge in [-0.1, -0.05) is 12.1 Å². The van der Waals surface area contributed by atoms with E-state index in [1.807, 2.05) is 42.2 Å². The fourth-order valence-electron chi connectivity index (χ4n) is 2.37. The standard InChI is InChI=1S/C14H17N3O/c1-17-13(10-5-3-4-6-12(10)18-2)11(9-16-17)14(15)7-8-14/h3-6,9H,7-8,15H2,1-2H3. The summed E-state index contributed by atoms with van der Waals surface area (Å²) in [6, 6.07) is 7.98. The minimum atomic E-state index is -0.190. The van der Waals surface area contributed by atoms with E-state index < -0.39 is 0 Å². The van der Waals surface area contributed by atoms with E-state index in [2.05, 4.69) is 5.10 Å². The van der Waals surface area contributed by atoms with Crippen LogP contribution >= 0.6 is 0 Å². The number of hydrogen-bond acceptors (Lipinski definition) is 3. The first-order valence-electron chi connectivity index (χ1n) is 6.10. The Balaban J connectivity index is 2.19. The van der Waals surface area contributed by atoms with Crippen molar-refractivity contribution >= 4 is 0 Å². The number of para-hydroxylation sites is 1. The SMILES string of the molecule is COc1ccccc1-c1c(C2(N)CC2)cnn1C. The highest BCUT2D eigenvalue weighted by molar-refractivity contribution is 5.71. The van der Waals surface area contributed by atoms with E-state index in [-0.39, 0.29) is 5.54 Å². The Morgan fingerprint density at radius 1 is 1.33 bits per heavy atom. The topological polar surface area (TPSA) is 53.1 Å². The molecule has 1 saturated carbocycles. The van der Waals surface area contributed by atoms with Crippen LogP contribution in [0.1, 0.15) is 18.4 Å². The second-order valence-electron chi connectivity index (χ2n) is 4.89. The van der Waals surface area contributed by atoms with Crippen LogP contribution in [-0.2, 0) is 12.6 Å². The summed E-state index contributed by atoms with van der Waals surface area (Å²) in [4.78, 5) is 0. The summed E-state index contributed by atoms with van der Waals surface area (Å²) in [6.45, 7) is 0. The van der Waals surface area contributed by atoms with Gasteiger partial charge >= 0.3 is 0 Å². The largest absolute Gasteiger partial charge is 0.496 e. The van der Waals surface area contributed by atoms with Crippen LogP contribution in [0.4, 0.5) is 0 Å². The van der Waals surface area contributed by atoms with Crippen molar-refractivity contribution in [2.75, 3.05) is 7.11 Å². The Bertz CT molecular complexity index is 584. The van der Waals surface area contributed by atoms with Gasteiger partial charge in [-0.15, -0.1) is 0 Å². The highest BCUT2D eigenvalue weighted by atomic mass is 16.5. The van der Waals surface area contributed by atoms with Crippen molar-refractivity contribution in [1.29, 1.82) is 0 Å². The molecule has 0 amide bonds. The van der Waals surface area contributed by atoms with E-state index in [4.69, 9.17) is 10.5 Å². The fourth-order valence-corrected chi connectivity index (χ4v) is 2.37. The van der Waals surface area contributed by atoms with Crippen molar-refractivity contribution in [2.24, 2.45) is 12.8 Å². The van der Waals surface area contributed by atoms with Gasteiger partial charge in [-0.3, -0.25) is 4.68 Å². The molecule has 4 heteroatoms. The van der Waals surface area contributed by atoms with E-state index in [0.29, 0.717) is 0 Å². The Labute approximate surface area is 106 Å². The Morgan fingerprint density at radius 2 is 2.06 bits per heavy atom. The van der Waals surface area contributed by atoms with Crippen molar-refractivity contribution in [3.63, 3.8) is 0 Å². The molecule has 1 fully saturated rings. The summed E-state index contributed by atoms with van der Waals surface area (Å²) in [6.07, 6.45) is 3.94. The zero-order valence-corrected chi connectivity index (χ0v) is 10.7. The van der Waals surface area contributed by atoms with Crippen LogP contribution in [0, 0.1) is 0 Å². The van der Waals surface area contributed by atoms with E-state index in [1.165, 1.54) is 0 Å². The van der Waals surface area contributed by atoms with Crippen molar-refractivity contribution in [2.45, 2.75) is 18.4 Å². The molecule has 1 aromatic heterocycles. The Kier molecular flexibility index (Phi) is 2.41. The molecule has 1 aromatic carbocycles. The van der Waals surface area contributed by atoms with E-state index in [0.717, 1.165) is 35.4 Å². The first kappa shape index (κ1) is 11.3. The maximum Gasteiger partial charge on any atom is 0.128 e. The molecule has 0 atom stereocenters. The number of rotatable bonds is 3. The van der Waals surface area contributed by atoms with Crippen LogP contribution in [-0.4, -0.2) is 16.9 Å². The normalized spacial score (nSPS) is 16.6. The summed E-state index contributed by atoms with van der Waals surface area (Å²) < 4.78 is 7.31. The van der Waals surface area contributed by atoms with Crippen LogP contribution in [0.25, 0.3) is 11.3 Å². The first-order chi connectivity index (χ1) is 8.65. The average Bonchev–Trinajstić information content (AvgIpc) is 3.00. The van der Waals surface area contributed by atoms with Gasteiger partial charge in [-0.2, -0.15) is 5.10 Å². The van der Waals surface area contributed by atoms with E-state index in [1.54, 1.807) is 7.11 Å². The maximum atomic E-state index is 6.32. The van der Waals surface area contributed by atoms with Gasteiger partial charge in [0.25, 0.3) is 0 Å². The molecule has 3 rings (SSSR count). The highest BCUT2D eigenvalue weighted by Gasteiger charge is 2.43. The number of aromatic nitrogens is 2.